The van der Waals surface area contributed by atoms with Crippen molar-refractivity contribution in [2.75, 3.05) is 13.2 Å². The second kappa shape index (κ2) is 7.68. The third-order valence-corrected chi connectivity index (χ3v) is 4.60. The van der Waals surface area contributed by atoms with Gasteiger partial charge in [0.2, 0.25) is 11.7 Å². The first kappa shape index (κ1) is 16.1. The van der Waals surface area contributed by atoms with Gasteiger partial charge in [-0.2, -0.15) is 4.98 Å². The Morgan fingerprint density at radius 1 is 1.22 bits per heavy atom. The van der Waals surface area contributed by atoms with Gasteiger partial charge in [-0.3, -0.25) is 4.98 Å². The maximum absolute atomic E-state index is 5.94. The van der Waals surface area contributed by atoms with Gasteiger partial charge in [-0.1, -0.05) is 43.8 Å². The number of hydrogen-bond acceptors (Lipinski definition) is 5. The quantitative estimate of drug-likeness (QED) is 0.718. The maximum atomic E-state index is 5.94. The molecule has 23 heavy (non-hydrogen) atoms. The van der Waals surface area contributed by atoms with E-state index in [-0.39, 0.29) is 5.41 Å². The minimum absolute atomic E-state index is 0.119. The highest BCUT2D eigenvalue weighted by Gasteiger charge is 2.39. The standard InChI is InChI=1S/C18H25N3O2/c1-2-3-13-22-14-18(10-6-4-7-11-18)17-20-16(21-23-17)15-9-5-8-12-19-15/h5,8-9,12H,2-4,6-7,10-11,13-14H2,1H3. The fourth-order valence-electron chi connectivity index (χ4n) is 3.20. The molecule has 3 rings (SSSR count). The van der Waals surface area contributed by atoms with Crippen LogP contribution in [0, 0.1) is 0 Å². The fraction of sp³-hybridized carbons (Fsp3) is 0.611. The summed E-state index contributed by atoms with van der Waals surface area (Å²) in [4.78, 5) is 8.96. The van der Waals surface area contributed by atoms with Gasteiger partial charge in [0.15, 0.2) is 0 Å². The normalized spacial score (nSPS) is 17.3. The first-order valence-electron chi connectivity index (χ1n) is 8.67. The van der Waals surface area contributed by atoms with Gasteiger partial charge in [0.25, 0.3) is 0 Å². The van der Waals surface area contributed by atoms with Gasteiger partial charge < -0.3 is 9.26 Å². The summed E-state index contributed by atoms with van der Waals surface area (Å²) in [6, 6.07) is 5.72. The average molecular weight is 315 g/mol. The van der Waals surface area contributed by atoms with E-state index in [0.29, 0.717) is 18.3 Å². The number of rotatable bonds is 7. The van der Waals surface area contributed by atoms with Crippen molar-refractivity contribution in [1.82, 2.24) is 15.1 Å². The first-order chi connectivity index (χ1) is 11.3. The van der Waals surface area contributed by atoms with E-state index in [1.165, 1.54) is 19.3 Å². The van der Waals surface area contributed by atoms with Crippen molar-refractivity contribution in [1.29, 1.82) is 0 Å². The molecule has 5 nitrogen and oxygen atoms in total. The number of ether oxygens (including phenoxy) is 1. The Kier molecular flexibility index (Phi) is 5.39. The summed E-state index contributed by atoms with van der Waals surface area (Å²) in [6.07, 6.45) is 9.77. The second-order valence-corrected chi connectivity index (χ2v) is 6.39. The first-order valence-corrected chi connectivity index (χ1v) is 8.67. The highest BCUT2D eigenvalue weighted by Crippen LogP contribution is 2.39. The van der Waals surface area contributed by atoms with E-state index in [1.54, 1.807) is 6.20 Å². The van der Waals surface area contributed by atoms with Crippen LogP contribution in [-0.4, -0.2) is 28.3 Å². The zero-order valence-corrected chi connectivity index (χ0v) is 13.8. The summed E-state index contributed by atoms with van der Waals surface area (Å²) in [5.41, 5.74) is 0.631. The molecular weight excluding hydrogens is 290 g/mol. The van der Waals surface area contributed by atoms with Crippen molar-refractivity contribution in [3.63, 3.8) is 0 Å². The molecule has 0 aliphatic heterocycles. The lowest BCUT2D eigenvalue weighted by Gasteiger charge is -2.33. The Hall–Kier alpha value is -1.75. The monoisotopic (exact) mass is 315 g/mol. The molecule has 0 amide bonds. The van der Waals surface area contributed by atoms with E-state index in [1.807, 2.05) is 18.2 Å². The number of unbranched alkanes of at least 4 members (excludes halogenated alkanes) is 1. The highest BCUT2D eigenvalue weighted by molar-refractivity contribution is 5.47. The third kappa shape index (κ3) is 3.78. The van der Waals surface area contributed by atoms with Crippen LogP contribution < -0.4 is 0 Å². The van der Waals surface area contributed by atoms with E-state index in [0.717, 1.165) is 38.0 Å². The second-order valence-electron chi connectivity index (χ2n) is 6.39. The third-order valence-electron chi connectivity index (χ3n) is 4.60. The summed E-state index contributed by atoms with van der Waals surface area (Å²) in [5, 5.41) is 4.15. The molecule has 0 spiro atoms. The molecule has 1 saturated carbocycles. The summed E-state index contributed by atoms with van der Waals surface area (Å²) < 4.78 is 11.6. The van der Waals surface area contributed by atoms with Crippen molar-refractivity contribution in [3.8, 4) is 11.5 Å². The number of hydrogen-bond donors (Lipinski definition) is 0. The molecule has 1 aliphatic carbocycles. The molecule has 1 fully saturated rings. The van der Waals surface area contributed by atoms with E-state index in [4.69, 9.17) is 9.26 Å². The lowest BCUT2D eigenvalue weighted by molar-refractivity contribution is 0.0464. The van der Waals surface area contributed by atoms with Crippen LogP contribution in [0.25, 0.3) is 11.5 Å². The lowest BCUT2D eigenvalue weighted by Crippen LogP contribution is -2.35. The van der Waals surface area contributed by atoms with Crippen LogP contribution in [0.4, 0.5) is 0 Å². The van der Waals surface area contributed by atoms with Crippen molar-refractivity contribution in [2.45, 2.75) is 57.3 Å². The van der Waals surface area contributed by atoms with Gasteiger partial charge in [0.05, 0.1) is 12.0 Å². The SMILES string of the molecule is CCCCOCC1(c2nc(-c3ccccn3)no2)CCCCC1. The Bertz CT molecular complexity index is 591. The molecule has 0 bridgehead atoms. The summed E-state index contributed by atoms with van der Waals surface area (Å²) in [6.45, 7) is 3.66. The van der Waals surface area contributed by atoms with Crippen LogP contribution in [0.15, 0.2) is 28.9 Å². The van der Waals surface area contributed by atoms with Crippen LogP contribution in [0.5, 0.6) is 0 Å². The van der Waals surface area contributed by atoms with Gasteiger partial charge in [-0.25, -0.2) is 0 Å². The van der Waals surface area contributed by atoms with Gasteiger partial charge in [-0.15, -0.1) is 0 Å². The van der Waals surface area contributed by atoms with E-state index in [2.05, 4.69) is 22.0 Å². The van der Waals surface area contributed by atoms with Crippen molar-refractivity contribution < 1.29 is 9.26 Å². The molecule has 1 aliphatic rings. The van der Waals surface area contributed by atoms with Crippen LogP contribution >= 0.6 is 0 Å². The molecule has 2 heterocycles. The van der Waals surface area contributed by atoms with Crippen molar-refractivity contribution >= 4 is 0 Å². The minimum Gasteiger partial charge on any atom is -0.380 e. The lowest BCUT2D eigenvalue weighted by atomic mass is 9.74. The number of nitrogens with zero attached hydrogens (tertiary/aromatic N) is 3. The Labute approximate surface area is 137 Å². The fourth-order valence-corrected chi connectivity index (χ4v) is 3.20. The van der Waals surface area contributed by atoms with Gasteiger partial charge in [0, 0.05) is 12.8 Å². The Balaban J connectivity index is 1.78. The van der Waals surface area contributed by atoms with Crippen LogP contribution in [0.2, 0.25) is 0 Å². The molecule has 124 valence electrons. The van der Waals surface area contributed by atoms with E-state index < -0.39 is 0 Å². The smallest absolute Gasteiger partial charge is 0.235 e. The Morgan fingerprint density at radius 2 is 2.09 bits per heavy atom. The number of aromatic nitrogens is 3. The predicted octanol–water partition coefficient (Wildman–Crippen LogP) is 4.15. The summed E-state index contributed by atoms with van der Waals surface area (Å²) >= 11 is 0. The van der Waals surface area contributed by atoms with Crippen LogP contribution in [0.1, 0.15) is 57.8 Å². The Morgan fingerprint density at radius 3 is 2.83 bits per heavy atom. The zero-order chi connectivity index (χ0) is 16.0. The molecule has 0 N–H and O–H groups in total. The minimum atomic E-state index is -0.119. The summed E-state index contributed by atoms with van der Waals surface area (Å²) in [7, 11) is 0. The topological polar surface area (TPSA) is 61.0 Å². The van der Waals surface area contributed by atoms with Crippen LogP contribution in [0.3, 0.4) is 0 Å². The number of pyridine rings is 1. The molecule has 0 saturated heterocycles. The largest absolute Gasteiger partial charge is 0.380 e. The highest BCUT2D eigenvalue weighted by atomic mass is 16.5. The van der Waals surface area contributed by atoms with E-state index >= 15 is 0 Å². The molecule has 0 radical (unpaired) electrons. The molecule has 0 unspecified atom stereocenters. The molecule has 0 atom stereocenters. The molecule has 0 aromatic carbocycles. The molecule has 2 aromatic rings. The predicted molar refractivity (Wildman–Crippen MR) is 88.0 cm³/mol. The van der Waals surface area contributed by atoms with Crippen LogP contribution in [-0.2, 0) is 10.2 Å². The maximum Gasteiger partial charge on any atom is 0.235 e. The zero-order valence-electron chi connectivity index (χ0n) is 13.8. The van der Waals surface area contributed by atoms with Crippen molar-refractivity contribution in [2.24, 2.45) is 0 Å². The molecule has 2 aromatic heterocycles. The summed E-state index contributed by atoms with van der Waals surface area (Å²) in [5.74, 6) is 1.29. The molecule has 5 heteroatoms. The average Bonchev–Trinajstić information content (AvgIpc) is 3.11. The van der Waals surface area contributed by atoms with Gasteiger partial charge in [-0.05, 0) is 31.4 Å². The van der Waals surface area contributed by atoms with Gasteiger partial charge in [0.1, 0.15) is 5.69 Å². The van der Waals surface area contributed by atoms with Crippen molar-refractivity contribution in [3.05, 3.63) is 30.3 Å². The molecular formula is C18H25N3O2. The van der Waals surface area contributed by atoms with Gasteiger partial charge >= 0.3 is 0 Å². The van der Waals surface area contributed by atoms with E-state index in [9.17, 15) is 0 Å².